The standard InChI is InChI=1S/C3H4N4O/c4-3(5)2-1-6-7-8-2/h1H,(H3,4,5). The summed E-state index contributed by atoms with van der Waals surface area (Å²) in [6, 6.07) is 0. The first-order chi connectivity index (χ1) is 3.80. The molecule has 0 unspecified atom stereocenters. The number of hydrogen-bond donors (Lipinski definition) is 2. The van der Waals surface area contributed by atoms with E-state index in [1.165, 1.54) is 6.20 Å². The lowest BCUT2D eigenvalue weighted by molar-refractivity contribution is 0.387. The molecule has 1 heterocycles. The average molecular weight is 112 g/mol. The van der Waals surface area contributed by atoms with Gasteiger partial charge in [0.15, 0.2) is 5.84 Å². The van der Waals surface area contributed by atoms with Gasteiger partial charge >= 0.3 is 0 Å². The topological polar surface area (TPSA) is 88.8 Å². The van der Waals surface area contributed by atoms with Crippen molar-refractivity contribution in [3.05, 3.63) is 12.0 Å². The summed E-state index contributed by atoms with van der Waals surface area (Å²) < 4.78 is 4.38. The van der Waals surface area contributed by atoms with Crippen LogP contribution in [0.5, 0.6) is 0 Å². The van der Waals surface area contributed by atoms with Crippen molar-refractivity contribution >= 4 is 5.84 Å². The third-order valence-electron chi connectivity index (χ3n) is 0.627. The molecular weight excluding hydrogens is 108 g/mol. The van der Waals surface area contributed by atoms with Crippen molar-refractivity contribution in [2.75, 3.05) is 0 Å². The number of nitrogen functional groups attached to an aromatic ring is 1. The Balaban J connectivity index is 2.93. The minimum atomic E-state index is -0.157. The summed E-state index contributed by atoms with van der Waals surface area (Å²) in [5.41, 5.74) is 4.97. The fourth-order valence-electron chi connectivity index (χ4n) is 0.286. The molecular formula is C3H4N4O. The SMILES string of the molecule is N=C(N)c1cnno1. The summed E-state index contributed by atoms with van der Waals surface area (Å²) in [6.45, 7) is 0. The van der Waals surface area contributed by atoms with E-state index in [0.717, 1.165) is 0 Å². The normalized spacial score (nSPS) is 9.00. The zero-order chi connectivity index (χ0) is 5.98. The highest BCUT2D eigenvalue weighted by Gasteiger charge is 1.97. The van der Waals surface area contributed by atoms with Crippen molar-refractivity contribution in [2.45, 2.75) is 0 Å². The van der Waals surface area contributed by atoms with Gasteiger partial charge in [-0.1, -0.05) is 0 Å². The minimum absolute atomic E-state index is 0.157. The molecule has 42 valence electrons. The number of hydrogen-bond acceptors (Lipinski definition) is 4. The van der Waals surface area contributed by atoms with Crippen molar-refractivity contribution in [1.29, 1.82) is 5.41 Å². The fourth-order valence-corrected chi connectivity index (χ4v) is 0.286. The predicted molar refractivity (Wildman–Crippen MR) is 25.3 cm³/mol. The predicted octanol–water partition coefficient (Wildman–Crippen LogP) is -0.646. The lowest BCUT2D eigenvalue weighted by atomic mass is 10.5. The quantitative estimate of drug-likeness (QED) is 0.373. The summed E-state index contributed by atoms with van der Waals surface area (Å²) in [5, 5.41) is 13.2. The van der Waals surface area contributed by atoms with E-state index in [4.69, 9.17) is 11.1 Å². The molecule has 0 aromatic carbocycles. The summed E-state index contributed by atoms with van der Waals surface area (Å²) in [4.78, 5) is 0. The molecule has 0 saturated carbocycles. The van der Waals surface area contributed by atoms with Crippen LogP contribution in [0, 0.1) is 5.41 Å². The Kier molecular flexibility index (Phi) is 0.957. The fraction of sp³-hybridized carbons (Fsp3) is 0. The van der Waals surface area contributed by atoms with Gasteiger partial charge in [0, 0.05) is 5.27 Å². The molecule has 0 fully saturated rings. The molecule has 0 aliphatic rings. The lowest BCUT2D eigenvalue weighted by Crippen LogP contribution is -2.09. The van der Waals surface area contributed by atoms with Crippen LogP contribution in [0.1, 0.15) is 5.76 Å². The molecule has 0 amide bonds. The van der Waals surface area contributed by atoms with Crippen molar-refractivity contribution in [3.63, 3.8) is 0 Å². The van der Waals surface area contributed by atoms with Crippen LogP contribution in [0.25, 0.3) is 0 Å². The Morgan fingerprint density at radius 1 is 1.88 bits per heavy atom. The van der Waals surface area contributed by atoms with Gasteiger partial charge < -0.3 is 10.3 Å². The van der Waals surface area contributed by atoms with Gasteiger partial charge in [-0.3, -0.25) is 5.41 Å². The number of rotatable bonds is 1. The minimum Gasteiger partial charge on any atom is -0.381 e. The molecule has 0 saturated heterocycles. The Bertz CT molecular complexity index is 179. The van der Waals surface area contributed by atoms with Crippen LogP contribution < -0.4 is 5.73 Å². The van der Waals surface area contributed by atoms with E-state index in [0.29, 0.717) is 0 Å². The number of nitrogens with two attached hydrogens (primary N) is 1. The number of amidine groups is 1. The second kappa shape index (κ2) is 1.61. The maximum absolute atomic E-state index is 6.76. The molecule has 0 aliphatic carbocycles. The summed E-state index contributed by atoms with van der Waals surface area (Å²) in [7, 11) is 0. The summed E-state index contributed by atoms with van der Waals surface area (Å²) in [5.74, 6) is 0.0417. The Hall–Kier alpha value is -1.39. The van der Waals surface area contributed by atoms with E-state index < -0.39 is 0 Å². The first kappa shape index (κ1) is 4.76. The zero-order valence-electron chi connectivity index (χ0n) is 3.96. The molecule has 3 N–H and O–H groups in total. The van der Waals surface area contributed by atoms with Crippen molar-refractivity contribution < 1.29 is 4.52 Å². The van der Waals surface area contributed by atoms with E-state index in [2.05, 4.69) is 14.9 Å². The summed E-state index contributed by atoms with van der Waals surface area (Å²) in [6.07, 6.45) is 1.28. The van der Waals surface area contributed by atoms with Crippen LogP contribution in [0.4, 0.5) is 0 Å². The molecule has 1 aromatic rings. The highest BCUT2D eigenvalue weighted by molar-refractivity contribution is 5.91. The third kappa shape index (κ3) is 0.651. The molecule has 0 bridgehead atoms. The van der Waals surface area contributed by atoms with Crippen LogP contribution in [0.2, 0.25) is 0 Å². The third-order valence-corrected chi connectivity index (χ3v) is 0.627. The van der Waals surface area contributed by atoms with Gasteiger partial charge in [0.25, 0.3) is 0 Å². The van der Waals surface area contributed by atoms with E-state index in [1.54, 1.807) is 0 Å². The van der Waals surface area contributed by atoms with Gasteiger partial charge in [-0.25, -0.2) is 0 Å². The molecule has 8 heavy (non-hydrogen) atoms. The van der Waals surface area contributed by atoms with Crippen molar-refractivity contribution in [3.8, 4) is 0 Å². The van der Waals surface area contributed by atoms with Crippen LogP contribution in [-0.4, -0.2) is 16.2 Å². The highest BCUT2D eigenvalue weighted by Crippen LogP contribution is 1.88. The average Bonchev–Trinajstić information content (AvgIpc) is 2.12. The van der Waals surface area contributed by atoms with Gasteiger partial charge in [0.05, 0.1) is 0 Å². The molecule has 5 heteroatoms. The molecule has 1 rings (SSSR count). The van der Waals surface area contributed by atoms with E-state index in [1.807, 2.05) is 0 Å². The van der Waals surface area contributed by atoms with Gasteiger partial charge in [-0.15, -0.1) is 5.10 Å². The Labute approximate surface area is 45.0 Å². The molecule has 0 radical (unpaired) electrons. The molecule has 1 aromatic heterocycles. The maximum Gasteiger partial charge on any atom is 0.221 e. The van der Waals surface area contributed by atoms with Crippen molar-refractivity contribution in [1.82, 2.24) is 10.4 Å². The highest BCUT2D eigenvalue weighted by atomic mass is 16.5. The number of aromatic nitrogens is 2. The number of nitrogens with zero attached hydrogens (tertiary/aromatic N) is 2. The maximum atomic E-state index is 6.76. The molecule has 0 atom stereocenters. The van der Waals surface area contributed by atoms with Gasteiger partial charge in [-0.2, -0.15) is 0 Å². The zero-order valence-corrected chi connectivity index (χ0v) is 3.96. The molecule has 5 nitrogen and oxygen atoms in total. The molecule has 0 aliphatic heterocycles. The lowest BCUT2D eigenvalue weighted by Gasteiger charge is -1.80. The van der Waals surface area contributed by atoms with Crippen LogP contribution in [0.15, 0.2) is 10.7 Å². The van der Waals surface area contributed by atoms with Gasteiger partial charge in [0.1, 0.15) is 6.20 Å². The Morgan fingerprint density at radius 3 is 2.88 bits per heavy atom. The first-order valence-electron chi connectivity index (χ1n) is 1.92. The monoisotopic (exact) mass is 112 g/mol. The molecule has 0 spiro atoms. The van der Waals surface area contributed by atoms with Crippen molar-refractivity contribution in [2.24, 2.45) is 5.73 Å². The first-order valence-corrected chi connectivity index (χ1v) is 1.92. The van der Waals surface area contributed by atoms with E-state index in [-0.39, 0.29) is 11.6 Å². The van der Waals surface area contributed by atoms with Gasteiger partial charge in [-0.05, 0) is 0 Å². The van der Waals surface area contributed by atoms with E-state index >= 15 is 0 Å². The number of nitrogens with one attached hydrogen (secondary N) is 1. The van der Waals surface area contributed by atoms with Crippen LogP contribution in [-0.2, 0) is 0 Å². The largest absolute Gasteiger partial charge is 0.381 e. The van der Waals surface area contributed by atoms with Crippen LogP contribution in [0.3, 0.4) is 0 Å². The van der Waals surface area contributed by atoms with Crippen LogP contribution >= 0.6 is 0 Å². The Morgan fingerprint density at radius 2 is 2.62 bits per heavy atom. The summed E-state index contributed by atoms with van der Waals surface area (Å²) >= 11 is 0. The van der Waals surface area contributed by atoms with Gasteiger partial charge in [0.2, 0.25) is 5.76 Å². The second-order valence-corrected chi connectivity index (χ2v) is 1.20. The smallest absolute Gasteiger partial charge is 0.221 e. The second-order valence-electron chi connectivity index (χ2n) is 1.20. The van der Waals surface area contributed by atoms with E-state index in [9.17, 15) is 0 Å².